The van der Waals surface area contributed by atoms with Crippen LogP contribution >= 0.6 is 0 Å². The molecule has 3 aromatic rings. The molecule has 0 saturated heterocycles. The van der Waals surface area contributed by atoms with Crippen LogP contribution in [0.3, 0.4) is 0 Å². The third kappa shape index (κ3) is 2.17. The van der Waals surface area contributed by atoms with Gasteiger partial charge in [-0.1, -0.05) is 78.9 Å². The summed E-state index contributed by atoms with van der Waals surface area (Å²) in [4.78, 5) is 0. The van der Waals surface area contributed by atoms with E-state index < -0.39 is 0 Å². The minimum absolute atomic E-state index is 0.243. The van der Waals surface area contributed by atoms with Crippen molar-refractivity contribution in [2.24, 2.45) is 0 Å². The summed E-state index contributed by atoms with van der Waals surface area (Å²) in [5, 5.41) is 2.58. The molecule has 0 heterocycles. The van der Waals surface area contributed by atoms with Crippen molar-refractivity contribution in [1.82, 2.24) is 0 Å². The number of fused-ring (bicyclic) bond motifs is 1. The molecule has 0 aliphatic heterocycles. The predicted molar refractivity (Wildman–Crippen MR) is 82.4 cm³/mol. The summed E-state index contributed by atoms with van der Waals surface area (Å²) in [6, 6.07) is 25.5. The molecule has 0 heteroatoms. The molecular weight excluding hydrogens is 228 g/mol. The molecule has 19 heavy (non-hydrogen) atoms. The molecule has 0 aromatic heterocycles. The van der Waals surface area contributed by atoms with E-state index in [-0.39, 0.29) is 5.92 Å². The third-order valence-electron chi connectivity index (χ3n) is 3.55. The highest BCUT2D eigenvalue weighted by Crippen LogP contribution is 2.31. The number of rotatable bonds is 3. The van der Waals surface area contributed by atoms with Gasteiger partial charge in [0.1, 0.15) is 0 Å². The zero-order valence-corrected chi connectivity index (χ0v) is 10.8. The highest BCUT2D eigenvalue weighted by molar-refractivity contribution is 5.86. The Balaban J connectivity index is 2.20. The smallest absolute Gasteiger partial charge is 0.0273 e. The van der Waals surface area contributed by atoms with Crippen molar-refractivity contribution in [2.75, 3.05) is 0 Å². The van der Waals surface area contributed by atoms with E-state index in [4.69, 9.17) is 0 Å². The molecule has 0 aliphatic rings. The molecule has 0 bridgehead atoms. The highest BCUT2D eigenvalue weighted by atomic mass is 14.2. The maximum Gasteiger partial charge on any atom is 0.0273 e. The van der Waals surface area contributed by atoms with Gasteiger partial charge in [-0.3, -0.25) is 0 Å². The fourth-order valence-corrected chi connectivity index (χ4v) is 2.62. The Kier molecular flexibility index (Phi) is 3.16. The predicted octanol–water partition coefficient (Wildman–Crippen LogP) is 5.16. The number of hydrogen-bond donors (Lipinski definition) is 0. The molecule has 3 aromatic carbocycles. The van der Waals surface area contributed by atoms with E-state index >= 15 is 0 Å². The maximum atomic E-state index is 4.02. The van der Waals surface area contributed by atoms with Crippen LogP contribution in [0.4, 0.5) is 0 Å². The SMILES string of the molecule is C=CC(c1ccccc1)c1cccc2ccccc12. The lowest BCUT2D eigenvalue weighted by atomic mass is 9.88. The molecule has 0 nitrogen and oxygen atoms in total. The molecule has 0 fully saturated rings. The molecule has 0 saturated carbocycles. The van der Waals surface area contributed by atoms with Crippen LogP contribution in [0.1, 0.15) is 17.0 Å². The van der Waals surface area contributed by atoms with Gasteiger partial charge in [-0.15, -0.1) is 6.58 Å². The average Bonchev–Trinajstić information content (AvgIpc) is 2.49. The lowest BCUT2D eigenvalue weighted by Crippen LogP contribution is -1.98. The van der Waals surface area contributed by atoms with Gasteiger partial charge in [0.2, 0.25) is 0 Å². The molecule has 1 atom stereocenters. The molecule has 0 aliphatic carbocycles. The van der Waals surface area contributed by atoms with Crippen molar-refractivity contribution in [3.63, 3.8) is 0 Å². The minimum Gasteiger partial charge on any atom is -0.102 e. The fourth-order valence-electron chi connectivity index (χ4n) is 2.62. The first-order chi connectivity index (χ1) is 9.40. The van der Waals surface area contributed by atoms with Gasteiger partial charge in [0.25, 0.3) is 0 Å². The summed E-state index contributed by atoms with van der Waals surface area (Å²) >= 11 is 0. The van der Waals surface area contributed by atoms with Gasteiger partial charge in [-0.25, -0.2) is 0 Å². The van der Waals surface area contributed by atoms with Crippen molar-refractivity contribution in [1.29, 1.82) is 0 Å². The first-order valence-electron chi connectivity index (χ1n) is 6.55. The van der Waals surface area contributed by atoms with Gasteiger partial charge >= 0.3 is 0 Å². The van der Waals surface area contributed by atoms with E-state index in [1.54, 1.807) is 0 Å². The summed E-state index contributed by atoms with van der Waals surface area (Å²) in [5.41, 5.74) is 2.60. The molecule has 0 radical (unpaired) electrons. The average molecular weight is 244 g/mol. The van der Waals surface area contributed by atoms with Gasteiger partial charge < -0.3 is 0 Å². The summed E-state index contributed by atoms with van der Waals surface area (Å²) in [7, 11) is 0. The van der Waals surface area contributed by atoms with Crippen LogP contribution in [0, 0.1) is 0 Å². The van der Waals surface area contributed by atoms with Crippen molar-refractivity contribution >= 4 is 10.8 Å². The van der Waals surface area contributed by atoms with E-state index in [1.807, 2.05) is 12.1 Å². The van der Waals surface area contributed by atoms with Crippen molar-refractivity contribution in [2.45, 2.75) is 5.92 Å². The summed E-state index contributed by atoms with van der Waals surface area (Å²) in [5.74, 6) is 0.243. The first kappa shape index (κ1) is 11.7. The Labute approximate surface area is 114 Å². The van der Waals surface area contributed by atoms with Gasteiger partial charge in [-0.2, -0.15) is 0 Å². The number of hydrogen-bond acceptors (Lipinski definition) is 0. The van der Waals surface area contributed by atoms with E-state index in [0.29, 0.717) is 0 Å². The van der Waals surface area contributed by atoms with Crippen molar-refractivity contribution in [3.05, 3.63) is 96.6 Å². The van der Waals surface area contributed by atoms with Crippen LogP contribution in [0.5, 0.6) is 0 Å². The van der Waals surface area contributed by atoms with Gasteiger partial charge in [0.05, 0.1) is 0 Å². The molecule has 0 N–H and O–H groups in total. The Morgan fingerprint density at radius 1 is 0.737 bits per heavy atom. The summed E-state index contributed by atoms with van der Waals surface area (Å²) in [6.07, 6.45) is 2.02. The Morgan fingerprint density at radius 3 is 2.21 bits per heavy atom. The second kappa shape index (κ2) is 5.11. The summed E-state index contributed by atoms with van der Waals surface area (Å²) < 4.78 is 0. The van der Waals surface area contributed by atoms with Crippen LogP contribution in [0.2, 0.25) is 0 Å². The van der Waals surface area contributed by atoms with Crippen molar-refractivity contribution < 1.29 is 0 Å². The normalized spacial score (nSPS) is 12.2. The number of allylic oxidation sites excluding steroid dienone is 1. The largest absolute Gasteiger partial charge is 0.102 e. The lowest BCUT2D eigenvalue weighted by molar-refractivity contribution is 1.04. The Hall–Kier alpha value is -2.34. The van der Waals surface area contributed by atoms with E-state index in [0.717, 1.165) is 0 Å². The quantitative estimate of drug-likeness (QED) is 0.558. The van der Waals surface area contributed by atoms with E-state index in [2.05, 4.69) is 73.3 Å². The molecular formula is C19H16. The first-order valence-corrected chi connectivity index (χ1v) is 6.55. The van der Waals surface area contributed by atoms with E-state index in [1.165, 1.54) is 21.9 Å². The van der Waals surface area contributed by atoms with Gasteiger partial charge in [-0.05, 0) is 21.9 Å². The van der Waals surface area contributed by atoms with Crippen LogP contribution < -0.4 is 0 Å². The second-order valence-electron chi connectivity index (χ2n) is 4.69. The molecule has 92 valence electrons. The minimum atomic E-state index is 0.243. The van der Waals surface area contributed by atoms with Gasteiger partial charge in [0, 0.05) is 5.92 Å². The molecule has 0 spiro atoms. The van der Waals surface area contributed by atoms with Gasteiger partial charge in [0.15, 0.2) is 0 Å². The topological polar surface area (TPSA) is 0 Å². The zero-order valence-electron chi connectivity index (χ0n) is 10.8. The van der Waals surface area contributed by atoms with E-state index in [9.17, 15) is 0 Å². The molecule has 1 unspecified atom stereocenters. The Morgan fingerprint density at radius 2 is 1.42 bits per heavy atom. The standard InChI is InChI=1S/C19H16/c1-2-17(15-9-4-3-5-10-15)19-14-8-12-16-11-6-7-13-18(16)19/h2-14,17H,1H2. The number of benzene rings is 3. The summed E-state index contributed by atoms with van der Waals surface area (Å²) in [6.45, 7) is 4.02. The van der Waals surface area contributed by atoms with Crippen molar-refractivity contribution in [3.8, 4) is 0 Å². The zero-order chi connectivity index (χ0) is 13.1. The van der Waals surface area contributed by atoms with Crippen LogP contribution in [0.15, 0.2) is 85.5 Å². The fraction of sp³-hybridized carbons (Fsp3) is 0.0526. The lowest BCUT2D eigenvalue weighted by Gasteiger charge is -2.16. The Bertz CT molecular complexity index is 690. The van der Waals surface area contributed by atoms with Crippen LogP contribution in [-0.4, -0.2) is 0 Å². The molecule has 0 amide bonds. The molecule has 3 rings (SSSR count). The maximum absolute atomic E-state index is 4.02. The monoisotopic (exact) mass is 244 g/mol. The van der Waals surface area contributed by atoms with Crippen LogP contribution in [-0.2, 0) is 0 Å². The van der Waals surface area contributed by atoms with Crippen LogP contribution in [0.25, 0.3) is 10.8 Å². The second-order valence-corrected chi connectivity index (χ2v) is 4.69. The third-order valence-corrected chi connectivity index (χ3v) is 3.55. The highest BCUT2D eigenvalue weighted by Gasteiger charge is 2.12.